The van der Waals surface area contributed by atoms with Gasteiger partial charge in [-0.25, -0.2) is 0 Å². The molecule has 1 aliphatic rings. The maximum atomic E-state index is 11.7. The Labute approximate surface area is 104 Å². The van der Waals surface area contributed by atoms with E-state index in [1.165, 1.54) is 12.8 Å². The third kappa shape index (κ3) is 5.50. The van der Waals surface area contributed by atoms with Crippen LogP contribution in [0.25, 0.3) is 0 Å². The largest absolute Gasteiger partial charge is 0.465 e. The second kappa shape index (κ2) is 8.48. The highest BCUT2D eigenvalue weighted by Crippen LogP contribution is 2.20. The lowest BCUT2D eigenvalue weighted by atomic mass is 10.2. The van der Waals surface area contributed by atoms with Crippen molar-refractivity contribution >= 4 is 5.97 Å². The molecule has 0 spiro atoms. The second-order valence-electron chi connectivity index (χ2n) is 4.50. The normalized spacial score (nSPS) is 18.2. The van der Waals surface area contributed by atoms with Crippen LogP contribution in [0.15, 0.2) is 0 Å². The molecular formula is C13H25NO3. The molecular weight excluding hydrogens is 218 g/mol. The van der Waals surface area contributed by atoms with Crippen LogP contribution in [-0.2, 0) is 14.3 Å². The van der Waals surface area contributed by atoms with E-state index in [0.29, 0.717) is 19.3 Å². The fourth-order valence-corrected chi connectivity index (χ4v) is 2.06. The third-order valence-electron chi connectivity index (χ3n) is 3.01. The van der Waals surface area contributed by atoms with Crippen LogP contribution in [0.2, 0.25) is 0 Å². The van der Waals surface area contributed by atoms with Crippen molar-refractivity contribution in [1.29, 1.82) is 0 Å². The van der Waals surface area contributed by atoms with Crippen LogP contribution in [0, 0.1) is 0 Å². The monoisotopic (exact) mass is 243 g/mol. The molecule has 4 nitrogen and oxygen atoms in total. The molecule has 0 aromatic carbocycles. The van der Waals surface area contributed by atoms with Crippen molar-refractivity contribution < 1.29 is 14.3 Å². The Morgan fingerprint density at radius 3 is 2.65 bits per heavy atom. The minimum Gasteiger partial charge on any atom is -0.465 e. The number of carbonyl (C=O) groups excluding carboxylic acids is 1. The fourth-order valence-electron chi connectivity index (χ4n) is 2.06. The van der Waals surface area contributed by atoms with Crippen molar-refractivity contribution in [2.45, 2.75) is 58.1 Å². The molecule has 0 heterocycles. The van der Waals surface area contributed by atoms with Crippen LogP contribution >= 0.6 is 0 Å². The summed E-state index contributed by atoms with van der Waals surface area (Å²) in [5.41, 5.74) is 0. The predicted octanol–water partition coefficient (Wildman–Crippen LogP) is 1.88. The molecule has 0 aliphatic heterocycles. The van der Waals surface area contributed by atoms with Gasteiger partial charge in [0, 0.05) is 0 Å². The van der Waals surface area contributed by atoms with Gasteiger partial charge in [0.2, 0.25) is 0 Å². The summed E-state index contributed by atoms with van der Waals surface area (Å²) in [4.78, 5) is 11.7. The molecule has 0 aromatic heterocycles. The van der Waals surface area contributed by atoms with Gasteiger partial charge < -0.3 is 14.8 Å². The number of nitrogens with one attached hydrogen (secondary N) is 1. The van der Waals surface area contributed by atoms with E-state index in [2.05, 4.69) is 12.2 Å². The minimum atomic E-state index is -0.310. The molecule has 0 aromatic rings. The van der Waals surface area contributed by atoms with Crippen LogP contribution in [0.5, 0.6) is 0 Å². The number of carbonyl (C=O) groups is 1. The van der Waals surface area contributed by atoms with Gasteiger partial charge in [0.1, 0.15) is 6.04 Å². The van der Waals surface area contributed by atoms with Gasteiger partial charge in [-0.2, -0.15) is 0 Å². The molecule has 0 amide bonds. The molecule has 4 heteroatoms. The van der Waals surface area contributed by atoms with Crippen molar-refractivity contribution in [2.75, 3.05) is 19.8 Å². The van der Waals surface area contributed by atoms with Crippen LogP contribution in [0.3, 0.4) is 0 Å². The van der Waals surface area contributed by atoms with E-state index in [9.17, 15) is 4.79 Å². The lowest BCUT2D eigenvalue weighted by molar-refractivity contribution is -0.148. The molecule has 1 rings (SSSR count). The zero-order chi connectivity index (χ0) is 12.5. The first-order valence-electron chi connectivity index (χ1n) is 6.79. The van der Waals surface area contributed by atoms with E-state index in [1.54, 1.807) is 0 Å². The summed E-state index contributed by atoms with van der Waals surface area (Å²) in [6, 6.07) is -0.310. The lowest BCUT2D eigenvalue weighted by Crippen LogP contribution is -2.42. The molecule has 17 heavy (non-hydrogen) atoms. The van der Waals surface area contributed by atoms with Crippen molar-refractivity contribution in [3.8, 4) is 0 Å². The van der Waals surface area contributed by atoms with E-state index < -0.39 is 0 Å². The molecule has 100 valence electrons. The lowest BCUT2D eigenvalue weighted by Gasteiger charge is -2.19. The van der Waals surface area contributed by atoms with Crippen LogP contribution < -0.4 is 5.32 Å². The highest BCUT2D eigenvalue weighted by atomic mass is 16.5. The molecule has 0 radical (unpaired) electrons. The standard InChI is InChI=1S/C13H25NO3/c1-3-9-14-12(13(15)16-4-2)10-17-11-7-5-6-8-11/h11-12,14H,3-10H2,1-2H3. The molecule has 1 atom stereocenters. The summed E-state index contributed by atoms with van der Waals surface area (Å²) in [5.74, 6) is -0.195. The van der Waals surface area contributed by atoms with E-state index in [0.717, 1.165) is 25.8 Å². The number of hydrogen-bond donors (Lipinski definition) is 1. The van der Waals surface area contributed by atoms with Gasteiger partial charge in [-0.15, -0.1) is 0 Å². The summed E-state index contributed by atoms with van der Waals surface area (Å²) >= 11 is 0. The van der Waals surface area contributed by atoms with Crippen LogP contribution in [0.4, 0.5) is 0 Å². The Hall–Kier alpha value is -0.610. The van der Waals surface area contributed by atoms with Crippen LogP contribution in [-0.4, -0.2) is 37.9 Å². The summed E-state index contributed by atoms with van der Waals surface area (Å²) in [6.45, 7) is 5.58. The SMILES string of the molecule is CCCNC(COC1CCCC1)C(=O)OCC. The number of ether oxygens (including phenoxy) is 2. The zero-order valence-electron chi connectivity index (χ0n) is 11.0. The molecule has 0 bridgehead atoms. The Morgan fingerprint density at radius 2 is 2.06 bits per heavy atom. The minimum absolute atomic E-state index is 0.195. The second-order valence-corrected chi connectivity index (χ2v) is 4.50. The van der Waals surface area contributed by atoms with Crippen molar-refractivity contribution in [2.24, 2.45) is 0 Å². The van der Waals surface area contributed by atoms with Gasteiger partial charge in [-0.05, 0) is 32.7 Å². The molecule has 1 N–H and O–H groups in total. The highest BCUT2D eigenvalue weighted by Gasteiger charge is 2.22. The molecule has 1 aliphatic carbocycles. The topological polar surface area (TPSA) is 47.6 Å². The smallest absolute Gasteiger partial charge is 0.325 e. The van der Waals surface area contributed by atoms with Gasteiger partial charge in [0.05, 0.1) is 19.3 Å². The molecule has 1 fully saturated rings. The average Bonchev–Trinajstić information content (AvgIpc) is 2.82. The Bertz CT molecular complexity index is 215. The Morgan fingerprint density at radius 1 is 1.35 bits per heavy atom. The van der Waals surface area contributed by atoms with Crippen molar-refractivity contribution in [1.82, 2.24) is 5.32 Å². The zero-order valence-corrected chi connectivity index (χ0v) is 11.0. The quantitative estimate of drug-likeness (QED) is 0.661. The van der Waals surface area contributed by atoms with E-state index in [-0.39, 0.29) is 12.0 Å². The number of rotatable bonds is 8. The first-order valence-corrected chi connectivity index (χ1v) is 6.79. The summed E-state index contributed by atoms with van der Waals surface area (Å²) in [7, 11) is 0. The number of esters is 1. The summed E-state index contributed by atoms with van der Waals surface area (Å²) in [5, 5.41) is 3.18. The van der Waals surface area contributed by atoms with Gasteiger partial charge >= 0.3 is 5.97 Å². The summed E-state index contributed by atoms with van der Waals surface area (Å²) < 4.78 is 10.8. The fraction of sp³-hybridized carbons (Fsp3) is 0.923. The van der Waals surface area contributed by atoms with Gasteiger partial charge in [0.25, 0.3) is 0 Å². The molecule has 0 saturated heterocycles. The van der Waals surface area contributed by atoms with Crippen molar-refractivity contribution in [3.05, 3.63) is 0 Å². The van der Waals surface area contributed by atoms with Gasteiger partial charge in [-0.1, -0.05) is 19.8 Å². The van der Waals surface area contributed by atoms with E-state index >= 15 is 0 Å². The maximum Gasteiger partial charge on any atom is 0.325 e. The third-order valence-corrected chi connectivity index (χ3v) is 3.01. The number of hydrogen-bond acceptors (Lipinski definition) is 4. The first kappa shape index (κ1) is 14.5. The maximum absolute atomic E-state index is 11.7. The summed E-state index contributed by atoms with van der Waals surface area (Å²) in [6.07, 6.45) is 6.09. The molecule has 1 saturated carbocycles. The van der Waals surface area contributed by atoms with Gasteiger partial charge in [0.15, 0.2) is 0 Å². The van der Waals surface area contributed by atoms with Gasteiger partial charge in [-0.3, -0.25) is 4.79 Å². The molecule has 1 unspecified atom stereocenters. The Balaban J connectivity index is 2.30. The van der Waals surface area contributed by atoms with E-state index in [1.807, 2.05) is 6.92 Å². The average molecular weight is 243 g/mol. The van der Waals surface area contributed by atoms with E-state index in [4.69, 9.17) is 9.47 Å². The van der Waals surface area contributed by atoms with Crippen LogP contribution in [0.1, 0.15) is 46.0 Å². The van der Waals surface area contributed by atoms with Crippen molar-refractivity contribution in [3.63, 3.8) is 0 Å². The first-order chi connectivity index (χ1) is 8.27. The predicted molar refractivity (Wildman–Crippen MR) is 66.9 cm³/mol. The Kier molecular flexibility index (Phi) is 7.21. The highest BCUT2D eigenvalue weighted by molar-refractivity contribution is 5.75.